The average molecular weight is 309 g/mol. The first-order valence-electron chi connectivity index (χ1n) is 5.88. The minimum atomic E-state index is -1.01. The molecule has 0 spiro atoms. The van der Waals surface area contributed by atoms with Crippen LogP contribution in [0, 0.1) is 0 Å². The Hall–Kier alpha value is -1.65. The van der Waals surface area contributed by atoms with Crippen LogP contribution in [0.3, 0.4) is 0 Å². The number of benzene rings is 2. The summed E-state index contributed by atoms with van der Waals surface area (Å²) in [5.74, 6) is -0.531. The smallest absolute Gasteiger partial charge is 0.335 e. The van der Waals surface area contributed by atoms with E-state index >= 15 is 0 Å². The quantitative estimate of drug-likeness (QED) is 0.835. The Morgan fingerprint density at radius 3 is 2.50 bits per heavy atom. The molecular formula is C15H13ClO3S. The topological polar surface area (TPSA) is 46.5 Å². The van der Waals surface area contributed by atoms with Crippen molar-refractivity contribution in [2.45, 2.75) is 11.5 Å². The summed E-state index contributed by atoms with van der Waals surface area (Å²) in [5, 5.41) is 9.15. The van der Waals surface area contributed by atoms with Gasteiger partial charge in [0.1, 0.15) is 12.4 Å². The van der Waals surface area contributed by atoms with Crippen LogP contribution < -0.4 is 4.74 Å². The molecule has 0 saturated heterocycles. The summed E-state index contributed by atoms with van der Waals surface area (Å²) in [6, 6.07) is 12.5. The van der Waals surface area contributed by atoms with Gasteiger partial charge in [0.2, 0.25) is 0 Å². The number of aromatic carboxylic acids is 1. The highest BCUT2D eigenvalue weighted by Gasteiger charge is 2.08. The standard InChI is InChI=1S/C15H13ClO3S/c1-20-12-5-2-10(3-6-12)9-19-14-7-4-11(15(17)18)8-13(14)16/h2-8H,9H2,1H3,(H,17,18). The summed E-state index contributed by atoms with van der Waals surface area (Å²) < 4.78 is 5.60. The van der Waals surface area contributed by atoms with Crippen LogP contribution in [-0.4, -0.2) is 17.3 Å². The molecular weight excluding hydrogens is 296 g/mol. The first-order valence-corrected chi connectivity index (χ1v) is 7.49. The first-order chi connectivity index (χ1) is 9.60. The summed E-state index contributed by atoms with van der Waals surface area (Å²) in [5.41, 5.74) is 1.17. The summed E-state index contributed by atoms with van der Waals surface area (Å²) in [4.78, 5) is 12.0. The molecule has 0 fully saturated rings. The number of carbonyl (C=O) groups is 1. The second kappa shape index (κ2) is 6.68. The molecule has 0 aliphatic rings. The maximum Gasteiger partial charge on any atom is 0.335 e. The molecule has 2 rings (SSSR count). The molecule has 3 nitrogen and oxygen atoms in total. The minimum absolute atomic E-state index is 0.145. The van der Waals surface area contributed by atoms with Crippen LogP contribution in [0.15, 0.2) is 47.4 Å². The fourth-order valence-electron chi connectivity index (χ4n) is 1.63. The van der Waals surface area contributed by atoms with Crippen molar-refractivity contribution in [3.63, 3.8) is 0 Å². The summed E-state index contributed by atoms with van der Waals surface area (Å²) >= 11 is 7.68. The fraction of sp³-hybridized carbons (Fsp3) is 0.133. The summed E-state index contributed by atoms with van der Waals surface area (Å²) in [6.07, 6.45) is 2.02. The van der Waals surface area contributed by atoms with Crippen LogP contribution in [-0.2, 0) is 6.61 Å². The largest absolute Gasteiger partial charge is 0.487 e. The van der Waals surface area contributed by atoms with E-state index in [9.17, 15) is 4.79 Å². The molecule has 104 valence electrons. The summed E-state index contributed by atoms with van der Waals surface area (Å²) in [7, 11) is 0. The predicted octanol–water partition coefficient (Wildman–Crippen LogP) is 4.34. The molecule has 0 bridgehead atoms. The zero-order valence-electron chi connectivity index (χ0n) is 10.8. The molecule has 0 heterocycles. The van der Waals surface area contributed by atoms with Crippen molar-refractivity contribution in [3.05, 3.63) is 58.6 Å². The molecule has 0 aliphatic heterocycles. The van der Waals surface area contributed by atoms with Crippen LogP contribution >= 0.6 is 23.4 Å². The third-order valence-corrected chi connectivity index (χ3v) is 3.77. The van der Waals surface area contributed by atoms with E-state index < -0.39 is 5.97 Å². The first kappa shape index (κ1) is 14.8. The van der Waals surface area contributed by atoms with Crippen LogP contribution in [0.25, 0.3) is 0 Å². The number of hydrogen-bond acceptors (Lipinski definition) is 3. The van der Waals surface area contributed by atoms with Gasteiger partial charge in [0.25, 0.3) is 0 Å². The number of thioether (sulfide) groups is 1. The van der Waals surface area contributed by atoms with Crippen LogP contribution in [0.4, 0.5) is 0 Å². The van der Waals surface area contributed by atoms with E-state index in [1.807, 2.05) is 30.5 Å². The van der Waals surface area contributed by atoms with Gasteiger partial charge in [-0.25, -0.2) is 4.79 Å². The molecule has 0 amide bonds. The highest BCUT2D eigenvalue weighted by molar-refractivity contribution is 7.98. The third kappa shape index (κ3) is 3.68. The highest BCUT2D eigenvalue weighted by Crippen LogP contribution is 2.26. The lowest BCUT2D eigenvalue weighted by molar-refractivity contribution is 0.0697. The maximum absolute atomic E-state index is 10.8. The number of rotatable bonds is 5. The zero-order chi connectivity index (χ0) is 14.5. The molecule has 0 radical (unpaired) electrons. The minimum Gasteiger partial charge on any atom is -0.487 e. The fourth-order valence-corrected chi connectivity index (χ4v) is 2.28. The van der Waals surface area contributed by atoms with Gasteiger partial charge in [-0.2, -0.15) is 0 Å². The molecule has 0 aromatic heterocycles. The van der Waals surface area contributed by atoms with Gasteiger partial charge in [0, 0.05) is 4.90 Å². The maximum atomic E-state index is 10.8. The van der Waals surface area contributed by atoms with Crippen LogP contribution in [0.2, 0.25) is 5.02 Å². The van der Waals surface area contributed by atoms with Crippen molar-refractivity contribution in [1.29, 1.82) is 0 Å². The van der Waals surface area contributed by atoms with Gasteiger partial charge in [-0.1, -0.05) is 23.7 Å². The molecule has 0 aliphatic carbocycles. The van der Waals surface area contributed by atoms with E-state index in [1.165, 1.54) is 17.0 Å². The average Bonchev–Trinajstić information content (AvgIpc) is 2.46. The van der Waals surface area contributed by atoms with Gasteiger partial charge in [-0.05, 0) is 42.2 Å². The molecule has 5 heteroatoms. The lowest BCUT2D eigenvalue weighted by Gasteiger charge is -2.09. The molecule has 1 N–H and O–H groups in total. The van der Waals surface area contributed by atoms with Gasteiger partial charge in [-0.15, -0.1) is 11.8 Å². The molecule has 0 saturated carbocycles. The molecule has 0 unspecified atom stereocenters. The van der Waals surface area contributed by atoms with E-state index in [0.717, 1.165) is 5.56 Å². The van der Waals surface area contributed by atoms with E-state index in [4.69, 9.17) is 21.4 Å². The van der Waals surface area contributed by atoms with E-state index in [0.29, 0.717) is 17.4 Å². The second-order valence-electron chi connectivity index (χ2n) is 4.09. The summed E-state index contributed by atoms with van der Waals surface area (Å²) in [6.45, 7) is 0.390. The Bertz CT molecular complexity index is 611. The molecule has 2 aromatic carbocycles. The molecule has 0 atom stereocenters. The Kier molecular flexibility index (Phi) is 4.93. The highest BCUT2D eigenvalue weighted by atomic mass is 35.5. The number of hydrogen-bond donors (Lipinski definition) is 1. The Balaban J connectivity index is 2.04. The second-order valence-corrected chi connectivity index (χ2v) is 5.37. The monoisotopic (exact) mass is 308 g/mol. The third-order valence-electron chi connectivity index (χ3n) is 2.73. The van der Waals surface area contributed by atoms with Gasteiger partial charge in [0.05, 0.1) is 10.6 Å². The number of carboxylic acid groups (broad SMARTS) is 1. The van der Waals surface area contributed by atoms with Crippen molar-refractivity contribution in [2.24, 2.45) is 0 Å². The van der Waals surface area contributed by atoms with Crippen molar-refractivity contribution in [1.82, 2.24) is 0 Å². The SMILES string of the molecule is CSc1ccc(COc2ccc(C(=O)O)cc2Cl)cc1. The van der Waals surface area contributed by atoms with Crippen molar-refractivity contribution in [3.8, 4) is 5.75 Å². The van der Waals surface area contributed by atoms with E-state index in [1.54, 1.807) is 17.8 Å². The Labute approximate surface area is 126 Å². The Morgan fingerprint density at radius 2 is 1.95 bits per heavy atom. The van der Waals surface area contributed by atoms with E-state index in [2.05, 4.69) is 0 Å². The van der Waals surface area contributed by atoms with Gasteiger partial charge < -0.3 is 9.84 Å². The lowest BCUT2D eigenvalue weighted by atomic mass is 10.2. The zero-order valence-corrected chi connectivity index (χ0v) is 12.4. The van der Waals surface area contributed by atoms with Gasteiger partial charge in [0.15, 0.2) is 0 Å². The normalized spacial score (nSPS) is 10.3. The van der Waals surface area contributed by atoms with Crippen molar-refractivity contribution >= 4 is 29.3 Å². The van der Waals surface area contributed by atoms with Crippen molar-refractivity contribution in [2.75, 3.05) is 6.26 Å². The van der Waals surface area contributed by atoms with Crippen LogP contribution in [0.5, 0.6) is 5.75 Å². The molecule has 2 aromatic rings. The number of ether oxygens (including phenoxy) is 1. The van der Waals surface area contributed by atoms with Gasteiger partial charge in [-0.3, -0.25) is 0 Å². The Morgan fingerprint density at radius 1 is 1.25 bits per heavy atom. The molecule has 20 heavy (non-hydrogen) atoms. The van der Waals surface area contributed by atoms with Gasteiger partial charge >= 0.3 is 5.97 Å². The number of halogens is 1. The predicted molar refractivity (Wildman–Crippen MR) is 81.0 cm³/mol. The lowest BCUT2D eigenvalue weighted by Crippen LogP contribution is -1.99. The van der Waals surface area contributed by atoms with Crippen LogP contribution in [0.1, 0.15) is 15.9 Å². The van der Waals surface area contributed by atoms with Crippen molar-refractivity contribution < 1.29 is 14.6 Å². The van der Waals surface area contributed by atoms with E-state index in [-0.39, 0.29) is 5.56 Å². The number of carboxylic acids is 1.